The van der Waals surface area contributed by atoms with E-state index in [-0.39, 0.29) is 0 Å². The molecule has 2 aromatic heterocycles. The van der Waals surface area contributed by atoms with Crippen LogP contribution in [0.4, 0.5) is 0 Å². The number of rotatable bonds is 5. The van der Waals surface area contributed by atoms with Gasteiger partial charge in [-0.1, -0.05) is 54.1 Å². The number of benzene rings is 2. The Morgan fingerprint density at radius 3 is 2.42 bits per heavy atom. The molecule has 4 rings (SSSR count). The Kier molecular flexibility index (Phi) is 4.75. The van der Waals surface area contributed by atoms with E-state index in [1.807, 2.05) is 42.7 Å². The van der Waals surface area contributed by atoms with Crippen LogP contribution in [0, 0.1) is 0 Å². The molecule has 26 heavy (non-hydrogen) atoms. The normalized spacial score (nSPS) is 10.8. The lowest BCUT2D eigenvalue weighted by atomic mass is 10.1. The number of aryl methyl sites for hydroxylation is 2. The summed E-state index contributed by atoms with van der Waals surface area (Å²) >= 11 is 6.07. The number of hydrogen-bond acceptors (Lipinski definition) is 3. The Balaban J connectivity index is 1.74. The van der Waals surface area contributed by atoms with Crippen molar-refractivity contribution in [2.75, 3.05) is 0 Å². The van der Waals surface area contributed by atoms with Crippen molar-refractivity contribution in [1.29, 1.82) is 0 Å². The van der Waals surface area contributed by atoms with Crippen LogP contribution < -0.4 is 0 Å². The number of halogens is 1. The number of hydrogen-bond donors (Lipinski definition) is 0. The van der Waals surface area contributed by atoms with Gasteiger partial charge in [-0.2, -0.15) is 0 Å². The second-order valence-electron chi connectivity index (χ2n) is 5.97. The van der Waals surface area contributed by atoms with E-state index >= 15 is 0 Å². The van der Waals surface area contributed by atoms with Crippen molar-refractivity contribution in [2.24, 2.45) is 0 Å². The maximum atomic E-state index is 6.07. The van der Waals surface area contributed by atoms with Gasteiger partial charge in [-0.25, -0.2) is 15.0 Å². The summed E-state index contributed by atoms with van der Waals surface area (Å²) in [6, 6.07) is 20.2. The minimum Gasteiger partial charge on any atom is -0.330 e. The summed E-state index contributed by atoms with van der Waals surface area (Å²) in [4.78, 5) is 13.0. The smallest absolute Gasteiger partial charge is 0.116 e. The Hall–Kier alpha value is -2.98. The van der Waals surface area contributed by atoms with Crippen LogP contribution in [-0.4, -0.2) is 19.5 Å². The van der Waals surface area contributed by atoms with Gasteiger partial charge in [0.2, 0.25) is 0 Å². The first-order chi connectivity index (χ1) is 12.8. The van der Waals surface area contributed by atoms with Crippen LogP contribution in [0.15, 0.2) is 79.5 Å². The highest BCUT2D eigenvalue weighted by Gasteiger charge is 2.16. The number of imidazole rings is 1. The predicted octanol–water partition coefficient (Wildman–Crippen LogP) is 4.90. The summed E-state index contributed by atoms with van der Waals surface area (Å²) in [7, 11) is 0. The van der Waals surface area contributed by atoms with Gasteiger partial charge >= 0.3 is 0 Å². The van der Waals surface area contributed by atoms with E-state index in [1.165, 1.54) is 5.56 Å². The summed E-state index contributed by atoms with van der Waals surface area (Å²) in [5.41, 5.74) is 5.06. The molecule has 0 unspecified atom stereocenters. The van der Waals surface area contributed by atoms with Gasteiger partial charge < -0.3 is 4.57 Å². The molecule has 4 nitrogen and oxygen atoms in total. The fraction of sp³-hybridized carbons (Fsp3) is 0.0952. The summed E-state index contributed by atoms with van der Waals surface area (Å²) in [6.45, 7) is 0.833. The second-order valence-corrected chi connectivity index (χ2v) is 6.41. The summed E-state index contributed by atoms with van der Waals surface area (Å²) in [5.74, 6) is 0. The van der Waals surface area contributed by atoms with Crippen LogP contribution in [0.2, 0.25) is 5.02 Å². The van der Waals surface area contributed by atoms with Gasteiger partial charge in [-0.15, -0.1) is 0 Å². The van der Waals surface area contributed by atoms with E-state index in [1.54, 1.807) is 12.5 Å². The molecular formula is C21H17ClN4. The highest BCUT2D eigenvalue weighted by atomic mass is 35.5. The highest BCUT2D eigenvalue weighted by Crippen LogP contribution is 2.31. The van der Waals surface area contributed by atoms with Crippen LogP contribution in [-0.2, 0) is 13.0 Å². The lowest BCUT2D eigenvalue weighted by Crippen LogP contribution is -2.02. The topological polar surface area (TPSA) is 43.6 Å². The van der Waals surface area contributed by atoms with E-state index < -0.39 is 0 Å². The molecule has 0 radical (unpaired) electrons. The molecule has 0 N–H and O–H groups in total. The Morgan fingerprint density at radius 2 is 1.69 bits per heavy atom. The van der Waals surface area contributed by atoms with Crippen molar-refractivity contribution < 1.29 is 0 Å². The zero-order valence-electron chi connectivity index (χ0n) is 14.1. The predicted molar refractivity (Wildman–Crippen MR) is 104 cm³/mol. The number of nitrogens with zero attached hydrogens (tertiary/aromatic N) is 4. The molecule has 0 aliphatic heterocycles. The van der Waals surface area contributed by atoms with Gasteiger partial charge in [-0.05, 0) is 30.2 Å². The van der Waals surface area contributed by atoms with Crippen molar-refractivity contribution in [2.45, 2.75) is 13.0 Å². The molecule has 0 saturated heterocycles. The van der Waals surface area contributed by atoms with E-state index in [9.17, 15) is 0 Å². The molecule has 4 aromatic rings. The van der Waals surface area contributed by atoms with Gasteiger partial charge in [0.05, 0.1) is 17.7 Å². The minimum atomic E-state index is 0.715. The molecule has 0 fully saturated rings. The van der Waals surface area contributed by atoms with Crippen molar-refractivity contribution in [1.82, 2.24) is 19.5 Å². The third kappa shape index (κ3) is 3.51. The van der Waals surface area contributed by atoms with Crippen LogP contribution in [0.5, 0.6) is 0 Å². The van der Waals surface area contributed by atoms with Gasteiger partial charge in [0.15, 0.2) is 0 Å². The number of aromatic nitrogens is 4. The van der Waals surface area contributed by atoms with Crippen molar-refractivity contribution in [3.63, 3.8) is 0 Å². The first-order valence-electron chi connectivity index (χ1n) is 8.42. The highest BCUT2D eigenvalue weighted by molar-refractivity contribution is 6.30. The summed E-state index contributed by atoms with van der Waals surface area (Å²) in [5, 5.41) is 0.715. The molecule has 0 bridgehead atoms. The lowest BCUT2D eigenvalue weighted by molar-refractivity contribution is 0.702. The van der Waals surface area contributed by atoms with Gasteiger partial charge in [0.1, 0.15) is 12.0 Å². The molecule has 2 aromatic carbocycles. The van der Waals surface area contributed by atoms with E-state index in [0.29, 0.717) is 5.02 Å². The van der Waals surface area contributed by atoms with Crippen molar-refractivity contribution in [3.05, 3.63) is 90.1 Å². The molecule has 0 aliphatic carbocycles. The average Bonchev–Trinajstić information content (AvgIpc) is 3.12. The van der Waals surface area contributed by atoms with Gasteiger partial charge in [-0.3, -0.25) is 0 Å². The fourth-order valence-corrected chi connectivity index (χ4v) is 3.10. The first kappa shape index (κ1) is 16.5. The molecule has 0 atom stereocenters. The third-order valence-corrected chi connectivity index (χ3v) is 4.52. The molecule has 0 saturated carbocycles. The fourth-order valence-electron chi connectivity index (χ4n) is 2.97. The van der Waals surface area contributed by atoms with Crippen LogP contribution in [0.1, 0.15) is 5.56 Å². The molecule has 0 spiro atoms. The Bertz CT molecular complexity index is 980. The van der Waals surface area contributed by atoms with Crippen molar-refractivity contribution in [3.8, 4) is 22.6 Å². The zero-order chi connectivity index (χ0) is 17.8. The molecule has 0 amide bonds. The first-order valence-corrected chi connectivity index (χ1v) is 8.80. The molecule has 5 heteroatoms. The largest absolute Gasteiger partial charge is 0.330 e. The standard InChI is InChI=1S/C21H17ClN4/c22-18-8-6-17(7-9-18)21-20(19-10-12-23-14-24-19)25-15-26(21)13-11-16-4-2-1-3-5-16/h1-10,12,14-15H,11,13H2. The Labute approximate surface area is 157 Å². The Morgan fingerprint density at radius 1 is 0.885 bits per heavy atom. The maximum absolute atomic E-state index is 6.07. The molecule has 2 heterocycles. The van der Waals surface area contributed by atoms with Gasteiger partial charge in [0.25, 0.3) is 0 Å². The monoisotopic (exact) mass is 360 g/mol. The third-order valence-electron chi connectivity index (χ3n) is 4.26. The summed E-state index contributed by atoms with van der Waals surface area (Å²) < 4.78 is 2.17. The molecule has 0 aliphatic rings. The molecular weight excluding hydrogens is 344 g/mol. The molecule has 128 valence electrons. The van der Waals surface area contributed by atoms with Crippen LogP contribution in [0.25, 0.3) is 22.6 Å². The van der Waals surface area contributed by atoms with Gasteiger partial charge in [0, 0.05) is 23.3 Å². The van der Waals surface area contributed by atoms with E-state index in [0.717, 1.165) is 35.6 Å². The van der Waals surface area contributed by atoms with Crippen molar-refractivity contribution >= 4 is 11.6 Å². The lowest BCUT2D eigenvalue weighted by Gasteiger charge is -2.11. The SMILES string of the molecule is Clc1ccc(-c2c(-c3ccncn3)ncn2CCc2ccccc2)cc1. The van der Waals surface area contributed by atoms with Crippen LogP contribution in [0.3, 0.4) is 0 Å². The zero-order valence-corrected chi connectivity index (χ0v) is 14.8. The quantitative estimate of drug-likeness (QED) is 0.508. The average molecular weight is 361 g/mol. The van der Waals surface area contributed by atoms with E-state index in [4.69, 9.17) is 11.6 Å². The minimum absolute atomic E-state index is 0.715. The van der Waals surface area contributed by atoms with E-state index in [2.05, 4.69) is 43.8 Å². The second kappa shape index (κ2) is 7.50. The van der Waals surface area contributed by atoms with Crippen LogP contribution >= 0.6 is 11.6 Å². The summed E-state index contributed by atoms with van der Waals surface area (Å²) in [6.07, 6.45) is 6.09. The maximum Gasteiger partial charge on any atom is 0.116 e.